The fourth-order valence-electron chi connectivity index (χ4n) is 2.33. The normalized spacial score (nSPS) is 10.3. The largest absolute Gasteiger partial charge is 0.507 e. The molecule has 1 heterocycles. The first-order valence-electron chi connectivity index (χ1n) is 8.09. The standard InChI is InChI=1S/C20H17ClN2O4/c1-26-15-3-2-4-16(10-15)27-19-8-5-13(11-22-19)12-23-20(25)17-9-14(21)6-7-18(17)24/h2-11,24H,12H2,1H3,(H,23,25). The highest BCUT2D eigenvalue weighted by Gasteiger charge is 2.11. The molecule has 0 saturated carbocycles. The number of pyridine rings is 1. The van der Waals surface area contributed by atoms with Crippen molar-refractivity contribution in [3.63, 3.8) is 0 Å². The van der Waals surface area contributed by atoms with Gasteiger partial charge in [-0.25, -0.2) is 4.98 Å². The monoisotopic (exact) mass is 384 g/mol. The number of hydrogen-bond donors (Lipinski definition) is 2. The van der Waals surface area contributed by atoms with Gasteiger partial charge in [0.1, 0.15) is 17.2 Å². The van der Waals surface area contributed by atoms with Gasteiger partial charge in [0.05, 0.1) is 12.7 Å². The summed E-state index contributed by atoms with van der Waals surface area (Å²) in [5.74, 6) is 1.17. The van der Waals surface area contributed by atoms with Crippen LogP contribution in [0.3, 0.4) is 0 Å². The predicted molar refractivity (Wildman–Crippen MR) is 102 cm³/mol. The Morgan fingerprint density at radius 2 is 1.96 bits per heavy atom. The summed E-state index contributed by atoms with van der Waals surface area (Å²) in [5.41, 5.74) is 0.899. The zero-order valence-corrected chi connectivity index (χ0v) is 15.2. The van der Waals surface area contributed by atoms with Crippen molar-refractivity contribution in [3.05, 3.63) is 76.9 Å². The molecule has 6 nitrogen and oxygen atoms in total. The van der Waals surface area contributed by atoms with Crippen LogP contribution in [0.4, 0.5) is 0 Å². The summed E-state index contributed by atoms with van der Waals surface area (Å²) in [6, 6.07) is 15.0. The van der Waals surface area contributed by atoms with Crippen molar-refractivity contribution in [2.75, 3.05) is 7.11 Å². The highest BCUT2D eigenvalue weighted by atomic mass is 35.5. The number of aromatic hydroxyl groups is 1. The molecule has 0 fully saturated rings. The molecule has 27 heavy (non-hydrogen) atoms. The van der Waals surface area contributed by atoms with Gasteiger partial charge in [0, 0.05) is 29.9 Å². The number of phenolic OH excluding ortho intramolecular Hbond substituents is 1. The van der Waals surface area contributed by atoms with Crippen molar-refractivity contribution < 1.29 is 19.4 Å². The summed E-state index contributed by atoms with van der Waals surface area (Å²) < 4.78 is 10.8. The van der Waals surface area contributed by atoms with Crippen LogP contribution in [0.1, 0.15) is 15.9 Å². The lowest BCUT2D eigenvalue weighted by Gasteiger charge is -2.09. The van der Waals surface area contributed by atoms with E-state index in [2.05, 4.69) is 10.3 Å². The SMILES string of the molecule is COc1cccc(Oc2ccc(CNC(=O)c3cc(Cl)ccc3O)cn2)c1. The lowest BCUT2D eigenvalue weighted by atomic mass is 10.2. The molecule has 3 aromatic rings. The highest BCUT2D eigenvalue weighted by molar-refractivity contribution is 6.31. The lowest BCUT2D eigenvalue weighted by Crippen LogP contribution is -2.22. The van der Waals surface area contributed by atoms with Crippen LogP contribution in [0.15, 0.2) is 60.8 Å². The third-order valence-corrected chi connectivity index (χ3v) is 3.95. The molecule has 0 saturated heterocycles. The number of nitrogens with one attached hydrogen (secondary N) is 1. The maximum Gasteiger partial charge on any atom is 0.255 e. The Bertz CT molecular complexity index is 945. The minimum absolute atomic E-state index is 0.119. The van der Waals surface area contributed by atoms with Gasteiger partial charge in [-0.05, 0) is 35.9 Å². The van der Waals surface area contributed by atoms with Gasteiger partial charge >= 0.3 is 0 Å². The smallest absolute Gasteiger partial charge is 0.255 e. The number of carbonyl (C=O) groups excluding carboxylic acids is 1. The van der Waals surface area contributed by atoms with E-state index < -0.39 is 5.91 Å². The Morgan fingerprint density at radius 1 is 1.15 bits per heavy atom. The minimum atomic E-state index is -0.424. The summed E-state index contributed by atoms with van der Waals surface area (Å²) >= 11 is 5.86. The Morgan fingerprint density at radius 3 is 2.70 bits per heavy atom. The Kier molecular flexibility index (Phi) is 5.78. The summed E-state index contributed by atoms with van der Waals surface area (Å²) in [6.07, 6.45) is 1.60. The van der Waals surface area contributed by atoms with Gasteiger partial charge in [0.15, 0.2) is 0 Å². The zero-order valence-electron chi connectivity index (χ0n) is 14.5. The van der Waals surface area contributed by atoms with Crippen LogP contribution in [0.2, 0.25) is 5.02 Å². The Labute approximate surface area is 161 Å². The maximum absolute atomic E-state index is 12.2. The van der Waals surface area contributed by atoms with E-state index in [9.17, 15) is 9.90 Å². The van der Waals surface area contributed by atoms with Crippen LogP contribution >= 0.6 is 11.6 Å². The first-order chi connectivity index (χ1) is 13.0. The molecule has 2 N–H and O–H groups in total. The van der Waals surface area contributed by atoms with Crippen molar-refractivity contribution in [1.82, 2.24) is 10.3 Å². The zero-order chi connectivity index (χ0) is 19.2. The molecule has 1 amide bonds. The van der Waals surface area contributed by atoms with Gasteiger partial charge in [-0.2, -0.15) is 0 Å². The van der Waals surface area contributed by atoms with E-state index >= 15 is 0 Å². The van der Waals surface area contributed by atoms with E-state index in [-0.39, 0.29) is 17.9 Å². The van der Waals surface area contributed by atoms with Gasteiger partial charge in [-0.3, -0.25) is 4.79 Å². The number of carbonyl (C=O) groups is 1. The van der Waals surface area contributed by atoms with Gasteiger partial charge in [-0.15, -0.1) is 0 Å². The number of aromatic nitrogens is 1. The predicted octanol–water partition coefficient (Wildman–Crippen LogP) is 4.17. The van der Waals surface area contributed by atoms with E-state index in [0.717, 1.165) is 5.56 Å². The second kappa shape index (κ2) is 8.42. The van der Waals surface area contributed by atoms with Crippen LogP contribution in [-0.4, -0.2) is 23.1 Å². The van der Waals surface area contributed by atoms with Crippen LogP contribution < -0.4 is 14.8 Å². The molecular weight excluding hydrogens is 368 g/mol. The van der Waals surface area contributed by atoms with Crippen LogP contribution in [0.5, 0.6) is 23.1 Å². The Hall–Kier alpha value is -3.25. The van der Waals surface area contributed by atoms with E-state index in [4.69, 9.17) is 21.1 Å². The van der Waals surface area contributed by atoms with Crippen molar-refractivity contribution in [1.29, 1.82) is 0 Å². The van der Waals surface area contributed by atoms with Gasteiger partial charge in [0.2, 0.25) is 5.88 Å². The summed E-state index contributed by atoms with van der Waals surface area (Å²) in [4.78, 5) is 16.4. The fourth-order valence-corrected chi connectivity index (χ4v) is 2.50. The molecule has 7 heteroatoms. The number of ether oxygens (including phenoxy) is 2. The molecule has 0 radical (unpaired) electrons. The molecule has 0 aliphatic carbocycles. The van der Waals surface area contributed by atoms with Crippen molar-refractivity contribution in [2.45, 2.75) is 6.54 Å². The van der Waals surface area contributed by atoms with Crippen LogP contribution in [0, 0.1) is 0 Å². The summed E-state index contributed by atoms with van der Waals surface area (Å²) in [7, 11) is 1.59. The van der Waals surface area contributed by atoms with E-state index in [1.807, 2.05) is 12.1 Å². The molecule has 0 unspecified atom stereocenters. The highest BCUT2D eigenvalue weighted by Crippen LogP contribution is 2.24. The third-order valence-electron chi connectivity index (χ3n) is 3.72. The number of benzene rings is 2. The van der Waals surface area contributed by atoms with Gasteiger partial charge < -0.3 is 19.9 Å². The average Bonchev–Trinajstić information content (AvgIpc) is 2.69. The molecule has 0 bridgehead atoms. The van der Waals surface area contributed by atoms with E-state index in [0.29, 0.717) is 22.4 Å². The maximum atomic E-state index is 12.2. The van der Waals surface area contributed by atoms with Crippen LogP contribution in [-0.2, 0) is 6.54 Å². The van der Waals surface area contributed by atoms with Gasteiger partial charge in [-0.1, -0.05) is 23.7 Å². The number of hydrogen-bond acceptors (Lipinski definition) is 5. The number of halogens is 1. The molecule has 0 aliphatic rings. The number of methoxy groups -OCH3 is 1. The fraction of sp³-hybridized carbons (Fsp3) is 0.100. The number of nitrogens with zero attached hydrogens (tertiary/aromatic N) is 1. The van der Waals surface area contributed by atoms with E-state index in [1.54, 1.807) is 37.6 Å². The Balaban J connectivity index is 1.60. The first kappa shape index (κ1) is 18.5. The minimum Gasteiger partial charge on any atom is -0.507 e. The molecule has 0 spiro atoms. The van der Waals surface area contributed by atoms with Crippen molar-refractivity contribution in [2.24, 2.45) is 0 Å². The quantitative estimate of drug-likeness (QED) is 0.666. The molecule has 138 valence electrons. The molecule has 1 aromatic heterocycles. The molecule has 0 atom stereocenters. The van der Waals surface area contributed by atoms with Crippen molar-refractivity contribution in [3.8, 4) is 23.1 Å². The topological polar surface area (TPSA) is 80.7 Å². The lowest BCUT2D eigenvalue weighted by molar-refractivity contribution is 0.0948. The first-order valence-corrected chi connectivity index (χ1v) is 8.46. The summed E-state index contributed by atoms with van der Waals surface area (Å²) in [5, 5.41) is 12.8. The van der Waals surface area contributed by atoms with Crippen LogP contribution in [0.25, 0.3) is 0 Å². The molecule has 3 rings (SSSR count). The number of rotatable bonds is 6. The second-order valence-corrected chi connectivity index (χ2v) is 6.07. The molecular formula is C20H17ClN2O4. The average molecular weight is 385 g/mol. The van der Waals surface area contributed by atoms with Crippen molar-refractivity contribution >= 4 is 17.5 Å². The molecule has 0 aliphatic heterocycles. The summed E-state index contributed by atoms with van der Waals surface area (Å²) in [6.45, 7) is 0.247. The van der Waals surface area contributed by atoms with Gasteiger partial charge in [0.25, 0.3) is 5.91 Å². The second-order valence-electron chi connectivity index (χ2n) is 5.63. The number of phenols is 1. The third kappa shape index (κ3) is 4.89. The van der Waals surface area contributed by atoms with E-state index in [1.165, 1.54) is 18.2 Å². The number of amides is 1. The molecule has 2 aromatic carbocycles.